The number of nitrogens with zero attached hydrogens (tertiary/aromatic N) is 1. The summed E-state index contributed by atoms with van der Waals surface area (Å²) >= 11 is 6.10. The molecule has 0 saturated heterocycles. The number of hydrogen-bond donors (Lipinski definition) is 4. The molecule has 2 aromatic carbocycles. The second kappa shape index (κ2) is 7.79. The molecule has 1 heterocycles. The summed E-state index contributed by atoms with van der Waals surface area (Å²) in [5.41, 5.74) is 8.35. The fourth-order valence-electron chi connectivity index (χ4n) is 3.23. The van der Waals surface area contributed by atoms with Crippen molar-refractivity contribution in [2.75, 3.05) is 0 Å². The molecule has 6 N–H and O–H groups in total. The van der Waals surface area contributed by atoms with E-state index in [1.807, 2.05) is 37.3 Å². The highest BCUT2D eigenvalue weighted by Gasteiger charge is 2.18. The smallest absolute Gasteiger partial charge is 0.265 e. The number of benzene rings is 2. The maximum absolute atomic E-state index is 11.9. The third-order valence-corrected chi connectivity index (χ3v) is 4.81. The van der Waals surface area contributed by atoms with Gasteiger partial charge in [-0.05, 0) is 48.4 Å². The van der Waals surface area contributed by atoms with Crippen LogP contribution >= 0.6 is 11.6 Å². The SMILES string of the molecule is Cc1c(CC(=O)NN)c2cc(C(=O)NN)ccc2n1Cc1cccc(Cl)c1. The average molecular weight is 386 g/mol. The van der Waals surface area contributed by atoms with E-state index < -0.39 is 5.91 Å². The highest BCUT2D eigenvalue weighted by atomic mass is 35.5. The summed E-state index contributed by atoms with van der Waals surface area (Å²) in [5, 5.41) is 1.46. The summed E-state index contributed by atoms with van der Waals surface area (Å²) in [6.07, 6.45) is 0.106. The minimum atomic E-state index is -0.397. The Bertz CT molecular complexity index is 1030. The maximum atomic E-state index is 11.9. The van der Waals surface area contributed by atoms with E-state index in [0.717, 1.165) is 27.7 Å². The van der Waals surface area contributed by atoms with E-state index in [4.69, 9.17) is 23.3 Å². The Balaban J connectivity index is 2.16. The number of carbonyl (C=O) groups is 2. The Kier molecular flexibility index (Phi) is 5.46. The van der Waals surface area contributed by atoms with Crippen LogP contribution in [0.15, 0.2) is 42.5 Å². The molecular formula is C19H20ClN5O2. The number of halogens is 1. The van der Waals surface area contributed by atoms with Crippen molar-refractivity contribution in [3.8, 4) is 0 Å². The van der Waals surface area contributed by atoms with Gasteiger partial charge in [-0.2, -0.15) is 0 Å². The average Bonchev–Trinajstić information content (AvgIpc) is 2.92. The first-order valence-corrected chi connectivity index (χ1v) is 8.69. The van der Waals surface area contributed by atoms with Gasteiger partial charge in [-0.25, -0.2) is 11.7 Å². The molecule has 7 nitrogen and oxygen atoms in total. The molecule has 0 aliphatic heterocycles. The molecule has 27 heavy (non-hydrogen) atoms. The predicted octanol–water partition coefficient (Wildman–Crippen LogP) is 1.79. The Morgan fingerprint density at radius 1 is 1.11 bits per heavy atom. The first kappa shape index (κ1) is 18.9. The fourth-order valence-corrected chi connectivity index (χ4v) is 3.45. The second-order valence-corrected chi connectivity index (χ2v) is 6.67. The Morgan fingerprint density at radius 2 is 1.89 bits per heavy atom. The van der Waals surface area contributed by atoms with Crippen LogP contribution in [0.4, 0.5) is 0 Å². The first-order chi connectivity index (χ1) is 12.9. The van der Waals surface area contributed by atoms with Crippen LogP contribution in [0.2, 0.25) is 5.02 Å². The summed E-state index contributed by atoms with van der Waals surface area (Å²) in [4.78, 5) is 23.8. The molecule has 3 aromatic rings. The van der Waals surface area contributed by atoms with Crippen LogP contribution in [0, 0.1) is 6.92 Å². The van der Waals surface area contributed by atoms with Gasteiger partial charge in [-0.1, -0.05) is 23.7 Å². The van der Waals surface area contributed by atoms with Gasteiger partial charge < -0.3 is 4.57 Å². The number of fused-ring (bicyclic) bond motifs is 1. The molecule has 0 bridgehead atoms. The molecule has 0 radical (unpaired) electrons. The molecule has 0 atom stereocenters. The zero-order valence-electron chi connectivity index (χ0n) is 14.8. The minimum absolute atomic E-state index is 0.106. The van der Waals surface area contributed by atoms with Crippen molar-refractivity contribution < 1.29 is 9.59 Å². The van der Waals surface area contributed by atoms with Crippen LogP contribution in [-0.2, 0) is 17.8 Å². The van der Waals surface area contributed by atoms with Crippen molar-refractivity contribution in [2.24, 2.45) is 11.7 Å². The van der Waals surface area contributed by atoms with E-state index >= 15 is 0 Å². The lowest BCUT2D eigenvalue weighted by Crippen LogP contribution is -2.31. The summed E-state index contributed by atoms with van der Waals surface area (Å²) in [6, 6.07) is 12.9. The zero-order valence-corrected chi connectivity index (χ0v) is 15.5. The van der Waals surface area contributed by atoms with Gasteiger partial charge in [-0.3, -0.25) is 20.4 Å². The summed E-state index contributed by atoms with van der Waals surface area (Å²) in [5.74, 6) is 9.79. The molecule has 3 rings (SSSR count). The molecule has 0 fully saturated rings. The van der Waals surface area contributed by atoms with Crippen molar-refractivity contribution >= 4 is 34.3 Å². The molecule has 2 amide bonds. The number of nitrogen functional groups attached to an aromatic ring is 1. The van der Waals surface area contributed by atoms with Crippen LogP contribution in [0.1, 0.15) is 27.2 Å². The number of aromatic nitrogens is 1. The van der Waals surface area contributed by atoms with E-state index in [2.05, 4.69) is 15.4 Å². The number of rotatable bonds is 5. The third kappa shape index (κ3) is 3.80. The normalized spacial score (nSPS) is 10.8. The van der Waals surface area contributed by atoms with Crippen LogP contribution in [0.25, 0.3) is 10.9 Å². The summed E-state index contributed by atoms with van der Waals surface area (Å²) in [6.45, 7) is 2.52. The Labute approximate surface area is 161 Å². The van der Waals surface area contributed by atoms with E-state index in [-0.39, 0.29) is 12.3 Å². The van der Waals surface area contributed by atoms with E-state index in [1.165, 1.54) is 0 Å². The number of hydrazine groups is 2. The minimum Gasteiger partial charge on any atom is -0.340 e. The van der Waals surface area contributed by atoms with Crippen molar-refractivity contribution in [3.05, 3.63) is 69.9 Å². The maximum Gasteiger partial charge on any atom is 0.265 e. The molecule has 1 aromatic heterocycles. The lowest BCUT2D eigenvalue weighted by molar-refractivity contribution is -0.120. The topological polar surface area (TPSA) is 115 Å². The fraction of sp³-hybridized carbons (Fsp3) is 0.158. The van der Waals surface area contributed by atoms with Crippen molar-refractivity contribution in [3.63, 3.8) is 0 Å². The molecule has 0 spiro atoms. The van der Waals surface area contributed by atoms with Gasteiger partial charge in [0.05, 0.1) is 6.42 Å². The van der Waals surface area contributed by atoms with Gasteiger partial charge in [0.2, 0.25) is 5.91 Å². The van der Waals surface area contributed by atoms with Gasteiger partial charge in [0.15, 0.2) is 0 Å². The zero-order chi connectivity index (χ0) is 19.6. The summed E-state index contributed by atoms with van der Waals surface area (Å²) in [7, 11) is 0. The molecule has 0 unspecified atom stereocenters. The molecule has 140 valence electrons. The summed E-state index contributed by atoms with van der Waals surface area (Å²) < 4.78 is 2.09. The Morgan fingerprint density at radius 3 is 2.56 bits per heavy atom. The van der Waals surface area contributed by atoms with Gasteiger partial charge in [0, 0.05) is 33.7 Å². The third-order valence-electron chi connectivity index (χ3n) is 4.58. The van der Waals surface area contributed by atoms with Gasteiger partial charge in [0.1, 0.15) is 0 Å². The van der Waals surface area contributed by atoms with Crippen LogP contribution in [0.5, 0.6) is 0 Å². The van der Waals surface area contributed by atoms with Crippen LogP contribution < -0.4 is 22.5 Å². The first-order valence-electron chi connectivity index (χ1n) is 8.31. The van der Waals surface area contributed by atoms with E-state index in [0.29, 0.717) is 17.1 Å². The van der Waals surface area contributed by atoms with Crippen molar-refractivity contribution in [2.45, 2.75) is 19.9 Å². The molecule has 8 heteroatoms. The lowest BCUT2D eigenvalue weighted by Gasteiger charge is -2.10. The van der Waals surface area contributed by atoms with Crippen molar-refractivity contribution in [1.82, 2.24) is 15.4 Å². The van der Waals surface area contributed by atoms with Crippen LogP contribution in [-0.4, -0.2) is 16.4 Å². The van der Waals surface area contributed by atoms with E-state index in [1.54, 1.807) is 12.1 Å². The highest BCUT2D eigenvalue weighted by Crippen LogP contribution is 2.29. The number of carbonyl (C=O) groups excluding carboxylic acids is 2. The second-order valence-electron chi connectivity index (χ2n) is 6.23. The number of hydrogen-bond acceptors (Lipinski definition) is 4. The molecule has 0 aliphatic rings. The largest absolute Gasteiger partial charge is 0.340 e. The van der Waals surface area contributed by atoms with Gasteiger partial charge in [0.25, 0.3) is 5.91 Å². The van der Waals surface area contributed by atoms with E-state index in [9.17, 15) is 9.59 Å². The highest BCUT2D eigenvalue weighted by molar-refractivity contribution is 6.30. The standard InChI is InChI=1S/C19H20ClN5O2/c1-11-15(9-18(26)23-21)16-8-13(19(27)24-22)5-6-17(16)25(11)10-12-3-2-4-14(20)7-12/h2-8H,9-10,21-22H2,1H3,(H,23,26)(H,24,27). The van der Waals surface area contributed by atoms with Crippen LogP contribution in [0.3, 0.4) is 0 Å². The van der Waals surface area contributed by atoms with Crippen molar-refractivity contribution in [1.29, 1.82) is 0 Å². The lowest BCUT2D eigenvalue weighted by atomic mass is 10.0. The predicted molar refractivity (Wildman–Crippen MR) is 105 cm³/mol. The number of nitrogens with one attached hydrogen (secondary N) is 2. The monoisotopic (exact) mass is 385 g/mol. The molecular weight excluding hydrogens is 366 g/mol. The van der Waals surface area contributed by atoms with Gasteiger partial charge in [-0.15, -0.1) is 0 Å². The van der Waals surface area contributed by atoms with Gasteiger partial charge >= 0.3 is 0 Å². The molecule has 0 aliphatic carbocycles. The Hall–Kier alpha value is -2.87. The number of nitrogens with two attached hydrogens (primary N) is 2. The molecule has 0 saturated carbocycles. The quantitative estimate of drug-likeness (QED) is 0.304. The number of amides is 2.